The van der Waals surface area contributed by atoms with Gasteiger partial charge in [-0.2, -0.15) is 20.1 Å². The molecule has 0 aliphatic heterocycles. The lowest BCUT2D eigenvalue weighted by Gasteiger charge is -2.25. The molecule has 0 amide bonds. The van der Waals surface area contributed by atoms with Crippen LogP contribution in [-0.2, 0) is 0 Å². The highest BCUT2D eigenvalue weighted by Gasteiger charge is 2.21. The number of nitrogens with one attached hydrogen (secondary N) is 1. The molecule has 94 valence electrons. The monoisotopic (exact) mass is 246 g/mol. The summed E-state index contributed by atoms with van der Waals surface area (Å²) in [6, 6.07) is 2.17. The molecule has 0 unspecified atom stereocenters. The van der Waals surface area contributed by atoms with E-state index in [1.54, 1.807) is 24.1 Å². The Morgan fingerprint density at radius 2 is 2.22 bits per heavy atom. The average molecular weight is 246 g/mol. The highest BCUT2D eigenvalue weighted by Crippen LogP contribution is 2.23. The van der Waals surface area contributed by atoms with Crippen LogP contribution in [0.4, 0.5) is 5.95 Å². The Labute approximate surface area is 104 Å². The molecule has 0 aromatic carbocycles. The molecule has 1 N–H and O–H groups in total. The van der Waals surface area contributed by atoms with E-state index in [1.807, 2.05) is 6.07 Å². The Hall–Kier alpha value is -2.18. The number of anilines is 1. The van der Waals surface area contributed by atoms with Crippen molar-refractivity contribution in [3.05, 3.63) is 18.5 Å². The van der Waals surface area contributed by atoms with Gasteiger partial charge in [0.2, 0.25) is 5.95 Å². The standard InChI is InChI=1S/C11H14N6O/c1-12-9-14-10(17-7-3-6-13-17)16-11(15-9)18-8-4-2-5-8/h3,6-8H,2,4-5H2,1H3,(H,12,14,15,16). The van der Waals surface area contributed by atoms with Gasteiger partial charge in [0.25, 0.3) is 5.95 Å². The molecule has 0 radical (unpaired) electrons. The van der Waals surface area contributed by atoms with Crippen molar-refractivity contribution in [1.82, 2.24) is 24.7 Å². The molecule has 0 saturated heterocycles. The Morgan fingerprint density at radius 3 is 2.83 bits per heavy atom. The first-order valence-corrected chi connectivity index (χ1v) is 5.95. The molecule has 7 heteroatoms. The molecule has 0 atom stereocenters. The van der Waals surface area contributed by atoms with Crippen molar-refractivity contribution in [2.24, 2.45) is 0 Å². The van der Waals surface area contributed by atoms with Crippen molar-refractivity contribution in [3.63, 3.8) is 0 Å². The fraction of sp³-hybridized carbons (Fsp3) is 0.455. The second kappa shape index (κ2) is 4.59. The van der Waals surface area contributed by atoms with Gasteiger partial charge in [-0.3, -0.25) is 0 Å². The highest BCUT2D eigenvalue weighted by atomic mass is 16.5. The topological polar surface area (TPSA) is 77.8 Å². The lowest BCUT2D eigenvalue weighted by atomic mass is 9.96. The normalized spacial score (nSPS) is 15.2. The van der Waals surface area contributed by atoms with Crippen LogP contribution in [0.2, 0.25) is 0 Å². The molecule has 1 aliphatic rings. The highest BCUT2D eigenvalue weighted by molar-refractivity contribution is 5.29. The van der Waals surface area contributed by atoms with Gasteiger partial charge in [-0.25, -0.2) is 4.68 Å². The lowest BCUT2D eigenvalue weighted by Crippen LogP contribution is -2.26. The Morgan fingerprint density at radius 1 is 1.33 bits per heavy atom. The lowest BCUT2D eigenvalue weighted by molar-refractivity contribution is 0.108. The summed E-state index contributed by atoms with van der Waals surface area (Å²) in [5, 5.41) is 6.99. The number of ether oxygens (including phenoxy) is 1. The van der Waals surface area contributed by atoms with Crippen molar-refractivity contribution in [1.29, 1.82) is 0 Å². The van der Waals surface area contributed by atoms with Crippen LogP contribution in [0, 0.1) is 0 Å². The summed E-state index contributed by atoms with van der Waals surface area (Å²) in [6.07, 6.45) is 7.04. The van der Waals surface area contributed by atoms with Crippen LogP contribution in [0.25, 0.3) is 5.95 Å². The van der Waals surface area contributed by atoms with Crippen LogP contribution < -0.4 is 10.1 Å². The Balaban J connectivity index is 1.90. The minimum atomic E-state index is 0.238. The van der Waals surface area contributed by atoms with Gasteiger partial charge < -0.3 is 10.1 Å². The molecule has 7 nitrogen and oxygen atoms in total. The molecule has 1 fully saturated rings. The summed E-state index contributed by atoms with van der Waals surface area (Å²) < 4.78 is 7.27. The maximum absolute atomic E-state index is 5.69. The maximum Gasteiger partial charge on any atom is 0.323 e. The first-order valence-electron chi connectivity index (χ1n) is 5.95. The van der Waals surface area contributed by atoms with E-state index < -0.39 is 0 Å². The SMILES string of the molecule is CNc1nc(OC2CCC2)nc(-n2cccn2)n1. The van der Waals surface area contributed by atoms with Gasteiger partial charge in [-0.1, -0.05) is 0 Å². The van der Waals surface area contributed by atoms with E-state index in [-0.39, 0.29) is 6.10 Å². The van der Waals surface area contributed by atoms with E-state index >= 15 is 0 Å². The van der Waals surface area contributed by atoms with Gasteiger partial charge >= 0.3 is 6.01 Å². The molecule has 0 bridgehead atoms. The molecule has 0 spiro atoms. The van der Waals surface area contributed by atoms with Gasteiger partial charge in [0.05, 0.1) is 0 Å². The Kier molecular flexibility index (Phi) is 2.79. The quantitative estimate of drug-likeness (QED) is 0.868. The zero-order chi connectivity index (χ0) is 12.4. The minimum Gasteiger partial charge on any atom is -0.460 e. The van der Waals surface area contributed by atoms with Crippen molar-refractivity contribution in [3.8, 4) is 12.0 Å². The van der Waals surface area contributed by atoms with Crippen LogP contribution in [-0.4, -0.2) is 37.9 Å². The summed E-state index contributed by atoms with van der Waals surface area (Å²) in [4.78, 5) is 12.7. The van der Waals surface area contributed by atoms with E-state index in [2.05, 4.69) is 25.4 Å². The van der Waals surface area contributed by atoms with E-state index in [1.165, 1.54) is 6.42 Å². The number of hydrogen-bond donors (Lipinski definition) is 1. The Bertz CT molecular complexity index is 522. The molecule has 2 aromatic rings. The largest absolute Gasteiger partial charge is 0.460 e. The van der Waals surface area contributed by atoms with Crippen molar-refractivity contribution >= 4 is 5.95 Å². The van der Waals surface area contributed by atoms with Gasteiger partial charge in [-0.05, 0) is 25.3 Å². The molecule has 1 aliphatic carbocycles. The number of nitrogens with zero attached hydrogens (tertiary/aromatic N) is 5. The van der Waals surface area contributed by atoms with Gasteiger partial charge in [0.15, 0.2) is 0 Å². The van der Waals surface area contributed by atoms with Crippen LogP contribution in [0.15, 0.2) is 18.5 Å². The molecule has 18 heavy (non-hydrogen) atoms. The molecule has 3 rings (SSSR count). The van der Waals surface area contributed by atoms with E-state index in [4.69, 9.17) is 4.74 Å². The van der Waals surface area contributed by atoms with Crippen LogP contribution in [0.3, 0.4) is 0 Å². The minimum absolute atomic E-state index is 0.238. The summed E-state index contributed by atoms with van der Waals surface area (Å²) in [6.45, 7) is 0. The summed E-state index contributed by atoms with van der Waals surface area (Å²) >= 11 is 0. The average Bonchev–Trinajstić information content (AvgIpc) is 2.87. The summed E-state index contributed by atoms with van der Waals surface area (Å²) in [5.41, 5.74) is 0. The third-order valence-corrected chi connectivity index (χ3v) is 2.86. The third kappa shape index (κ3) is 2.11. The second-order valence-electron chi connectivity index (χ2n) is 4.11. The molecular formula is C11H14N6O. The second-order valence-corrected chi connectivity index (χ2v) is 4.11. The van der Waals surface area contributed by atoms with Crippen LogP contribution >= 0.6 is 0 Å². The molecule has 2 heterocycles. The van der Waals surface area contributed by atoms with E-state index in [0.717, 1.165) is 12.8 Å². The van der Waals surface area contributed by atoms with Gasteiger partial charge in [-0.15, -0.1) is 0 Å². The zero-order valence-corrected chi connectivity index (χ0v) is 10.1. The van der Waals surface area contributed by atoms with Crippen molar-refractivity contribution in [2.45, 2.75) is 25.4 Å². The molecule has 2 aromatic heterocycles. The first-order chi connectivity index (χ1) is 8.85. The van der Waals surface area contributed by atoms with E-state index in [0.29, 0.717) is 17.9 Å². The van der Waals surface area contributed by atoms with Crippen molar-refractivity contribution < 1.29 is 4.74 Å². The number of aromatic nitrogens is 5. The van der Waals surface area contributed by atoms with Crippen LogP contribution in [0.5, 0.6) is 6.01 Å². The number of rotatable bonds is 4. The fourth-order valence-electron chi connectivity index (χ4n) is 1.64. The summed E-state index contributed by atoms with van der Waals surface area (Å²) in [5.74, 6) is 0.929. The number of hydrogen-bond acceptors (Lipinski definition) is 6. The van der Waals surface area contributed by atoms with E-state index in [9.17, 15) is 0 Å². The van der Waals surface area contributed by atoms with Gasteiger partial charge in [0.1, 0.15) is 6.10 Å². The zero-order valence-electron chi connectivity index (χ0n) is 10.1. The third-order valence-electron chi connectivity index (χ3n) is 2.86. The van der Waals surface area contributed by atoms with Crippen molar-refractivity contribution in [2.75, 3.05) is 12.4 Å². The summed E-state index contributed by atoms with van der Waals surface area (Å²) in [7, 11) is 1.76. The van der Waals surface area contributed by atoms with Gasteiger partial charge in [0, 0.05) is 19.4 Å². The van der Waals surface area contributed by atoms with Crippen LogP contribution in [0.1, 0.15) is 19.3 Å². The smallest absolute Gasteiger partial charge is 0.323 e. The molecular weight excluding hydrogens is 232 g/mol. The predicted molar refractivity (Wildman–Crippen MR) is 64.8 cm³/mol. The first kappa shape index (κ1) is 10.9. The maximum atomic E-state index is 5.69. The fourth-order valence-corrected chi connectivity index (χ4v) is 1.64. The predicted octanol–water partition coefficient (Wildman–Crippen LogP) is 1.03. The molecule has 1 saturated carbocycles.